The van der Waals surface area contributed by atoms with Gasteiger partial charge in [0.1, 0.15) is 0 Å². The number of carbonyl (C=O) groups is 1. The van der Waals surface area contributed by atoms with Crippen LogP contribution in [-0.2, 0) is 4.79 Å². The Balaban J connectivity index is 1.65. The maximum Gasteiger partial charge on any atom is 0.220 e. The fourth-order valence-electron chi connectivity index (χ4n) is 3.14. The van der Waals surface area contributed by atoms with Crippen LogP contribution in [-0.4, -0.2) is 25.0 Å². The number of hydrogen-bond acceptors (Lipinski definition) is 2. The van der Waals surface area contributed by atoms with Crippen molar-refractivity contribution in [1.29, 1.82) is 0 Å². The van der Waals surface area contributed by atoms with Crippen LogP contribution in [0.3, 0.4) is 0 Å². The zero-order valence-corrected chi connectivity index (χ0v) is 11.0. The minimum atomic E-state index is 0.274. The molecule has 0 radical (unpaired) electrons. The minimum Gasteiger partial charge on any atom is -0.353 e. The lowest BCUT2D eigenvalue weighted by atomic mass is 9.94. The van der Waals surface area contributed by atoms with Crippen molar-refractivity contribution < 1.29 is 4.79 Å². The third kappa shape index (κ3) is 3.98. The van der Waals surface area contributed by atoms with Gasteiger partial charge in [-0.25, -0.2) is 0 Å². The second kappa shape index (κ2) is 6.39. The first-order valence-electron chi connectivity index (χ1n) is 7.26. The molecule has 0 bridgehead atoms. The van der Waals surface area contributed by atoms with Crippen LogP contribution in [0.1, 0.15) is 51.9 Å². The molecular weight excluding hydrogens is 212 g/mol. The van der Waals surface area contributed by atoms with E-state index in [2.05, 4.69) is 17.6 Å². The molecule has 0 aromatic carbocycles. The number of amides is 1. The predicted molar refractivity (Wildman–Crippen MR) is 69.8 cm³/mol. The number of rotatable bonds is 4. The molecule has 17 heavy (non-hydrogen) atoms. The fourth-order valence-corrected chi connectivity index (χ4v) is 3.14. The first kappa shape index (κ1) is 12.9. The highest BCUT2D eigenvalue weighted by Crippen LogP contribution is 2.28. The molecule has 1 aliphatic carbocycles. The van der Waals surface area contributed by atoms with Crippen LogP contribution < -0.4 is 10.6 Å². The largest absolute Gasteiger partial charge is 0.353 e. The molecule has 3 heteroatoms. The molecule has 0 aromatic heterocycles. The Morgan fingerprint density at radius 3 is 2.76 bits per heavy atom. The number of nitrogens with one attached hydrogen (secondary N) is 2. The second-order valence-electron chi connectivity index (χ2n) is 5.83. The van der Waals surface area contributed by atoms with E-state index in [-0.39, 0.29) is 5.91 Å². The molecule has 2 atom stereocenters. The molecule has 2 aliphatic rings. The van der Waals surface area contributed by atoms with Gasteiger partial charge in [-0.1, -0.05) is 32.6 Å². The molecule has 2 rings (SSSR count). The standard InChI is InChI=1S/C14H26N2O/c1-11-10-15-9-8-13(11)16-14(17)7-6-12-4-2-3-5-12/h11-13,15H,2-10H2,1H3,(H,16,17). The van der Waals surface area contributed by atoms with Crippen molar-refractivity contribution in [3.63, 3.8) is 0 Å². The Labute approximate surface area is 105 Å². The van der Waals surface area contributed by atoms with Crippen LogP contribution in [0.15, 0.2) is 0 Å². The number of hydrogen-bond donors (Lipinski definition) is 2. The SMILES string of the molecule is CC1CNCCC1NC(=O)CCC1CCCC1. The van der Waals surface area contributed by atoms with E-state index in [1.165, 1.54) is 25.7 Å². The Hall–Kier alpha value is -0.570. The van der Waals surface area contributed by atoms with Gasteiger partial charge < -0.3 is 10.6 Å². The Morgan fingerprint density at radius 1 is 1.29 bits per heavy atom. The van der Waals surface area contributed by atoms with Gasteiger partial charge >= 0.3 is 0 Å². The van der Waals surface area contributed by atoms with Gasteiger partial charge in [-0.3, -0.25) is 4.79 Å². The molecule has 1 heterocycles. The summed E-state index contributed by atoms with van der Waals surface area (Å²) in [5.74, 6) is 1.67. The number of carbonyl (C=O) groups excluding carboxylic acids is 1. The summed E-state index contributed by atoms with van der Waals surface area (Å²) in [6.07, 6.45) is 8.35. The van der Waals surface area contributed by atoms with Gasteiger partial charge in [0.25, 0.3) is 0 Å². The van der Waals surface area contributed by atoms with Gasteiger partial charge in [0.05, 0.1) is 0 Å². The molecule has 2 unspecified atom stereocenters. The maximum absolute atomic E-state index is 11.9. The Bertz CT molecular complexity index is 249. The van der Waals surface area contributed by atoms with Crippen molar-refractivity contribution in [3.05, 3.63) is 0 Å². The first-order valence-corrected chi connectivity index (χ1v) is 7.26. The topological polar surface area (TPSA) is 41.1 Å². The average Bonchev–Trinajstić information content (AvgIpc) is 2.82. The molecule has 1 amide bonds. The molecule has 1 aliphatic heterocycles. The molecule has 1 saturated carbocycles. The van der Waals surface area contributed by atoms with E-state index in [0.29, 0.717) is 12.0 Å². The molecule has 3 nitrogen and oxygen atoms in total. The zero-order valence-electron chi connectivity index (χ0n) is 11.0. The van der Waals surface area contributed by atoms with Gasteiger partial charge in [0, 0.05) is 12.5 Å². The minimum absolute atomic E-state index is 0.274. The highest BCUT2D eigenvalue weighted by Gasteiger charge is 2.23. The van der Waals surface area contributed by atoms with E-state index in [1.54, 1.807) is 0 Å². The predicted octanol–water partition coefficient (Wildman–Crippen LogP) is 2.07. The lowest BCUT2D eigenvalue weighted by molar-refractivity contribution is -0.122. The fraction of sp³-hybridized carbons (Fsp3) is 0.929. The van der Waals surface area contributed by atoms with Crippen LogP contribution in [0.4, 0.5) is 0 Å². The van der Waals surface area contributed by atoms with Crippen LogP contribution in [0, 0.1) is 11.8 Å². The van der Waals surface area contributed by atoms with E-state index >= 15 is 0 Å². The zero-order chi connectivity index (χ0) is 12.1. The molecular formula is C14H26N2O. The van der Waals surface area contributed by atoms with Crippen LogP contribution in [0.2, 0.25) is 0 Å². The monoisotopic (exact) mass is 238 g/mol. The van der Waals surface area contributed by atoms with Crippen molar-refractivity contribution in [2.45, 2.75) is 57.9 Å². The average molecular weight is 238 g/mol. The summed E-state index contributed by atoms with van der Waals surface area (Å²) in [5, 5.41) is 6.58. The second-order valence-corrected chi connectivity index (χ2v) is 5.83. The number of piperidine rings is 1. The van der Waals surface area contributed by atoms with Gasteiger partial charge in [0.15, 0.2) is 0 Å². The Morgan fingerprint density at radius 2 is 2.06 bits per heavy atom. The summed E-state index contributed by atoms with van der Waals surface area (Å²) in [6, 6.07) is 0.396. The molecule has 0 spiro atoms. The summed E-state index contributed by atoms with van der Waals surface area (Å²) in [4.78, 5) is 11.9. The lowest BCUT2D eigenvalue weighted by Crippen LogP contribution is -2.48. The van der Waals surface area contributed by atoms with Gasteiger partial charge in [-0.05, 0) is 37.8 Å². The molecule has 2 N–H and O–H groups in total. The highest BCUT2D eigenvalue weighted by atomic mass is 16.1. The first-order chi connectivity index (χ1) is 8.25. The lowest BCUT2D eigenvalue weighted by Gasteiger charge is -2.30. The summed E-state index contributed by atoms with van der Waals surface area (Å²) < 4.78 is 0. The van der Waals surface area contributed by atoms with Crippen molar-refractivity contribution in [1.82, 2.24) is 10.6 Å². The van der Waals surface area contributed by atoms with E-state index < -0.39 is 0 Å². The summed E-state index contributed by atoms with van der Waals surface area (Å²) in [7, 11) is 0. The van der Waals surface area contributed by atoms with E-state index in [9.17, 15) is 4.79 Å². The van der Waals surface area contributed by atoms with E-state index in [0.717, 1.165) is 38.3 Å². The smallest absolute Gasteiger partial charge is 0.220 e. The normalized spacial score (nSPS) is 30.4. The summed E-state index contributed by atoms with van der Waals surface area (Å²) in [5.41, 5.74) is 0. The van der Waals surface area contributed by atoms with Crippen molar-refractivity contribution in [2.75, 3.05) is 13.1 Å². The van der Waals surface area contributed by atoms with Gasteiger partial charge in [0.2, 0.25) is 5.91 Å². The van der Waals surface area contributed by atoms with Gasteiger partial charge in [-0.15, -0.1) is 0 Å². The molecule has 0 aromatic rings. The van der Waals surface area contributed by atoms with E-state index in [4.69, 9.17) is 0 Å². The van der Waals surface area contributed by atoms with Gasteiger partial charge in [-0.2, -0.15) is 0 Å². The molecule has 2 fully saturated rings. The highest BCUT2D eigenvalue weighted by molar-refractivity contribution is 5.76. The summed E-state index contributed by atoms with van der Waals surface area (Å²) >= 11 is 0. The van der Waals surface area contributed by atoms with Crippen LogP contribution >= 0.6 is 0 Å². The molecule has 98 valence electrons. The van der Waals surface area contributed by atoms with Crippen LogP contribution in [0.25, 0.3) is 0 Å². The van der Waals surface area contributed by atoms with Crippen molar-refractivity contribution >= 4 is 5.91 Å². The van der Waals surface area contributed by atoms with Crippen molar-refractivity contribution in [2.24, 2.45) is 11.8 Å². The maximum atomic E-state index is 11.9. The van der Waals surface area contributed by atoms with E-state index in [1.807, 2.05) is 0 Å². The quantitative estimate of drug-likeness (QED) is 0.787. The molecule has 1 saturated heterocycles. The Kier molecular flexibility index (Phi) is 4.84. The third-order valence-corrected chi connectivity index (χ3v) is 4.39. The van der Waals surface area contributed by atoms with Crippen molar-refractivity contribution in [3.8, 4) is 0 Å². The van der Waals surface area contributed by atoms with Crippen LogP contribution in [0.5, 0.6) is 0 Å². The third-order valence-electron chi connectivity index (χ3n) is 4.39. The summed E-state index contributed by atoms with van der Waals surface area (Å²) in [6.45, 7) is 4.29.